The molecule has 3 nitrogen and oxygen atoms in total. The van der Waals surface area contributed by atoms with Crippen LogP contribution in [0.3, 0.4) is 0 Å². The molecule has 1 amide bonds. The van der Waals surface area contributed by atoms with Gasteiger partial charge in [0.2, 0.25) is 5.91 Å². The average molecular weight is 248 g/mol. The van der Waals surface area contributed by atoms with Crippen molar-refractivity contribution in [2.75, 3.05) is 13.1 Å². The summed E-state index contributed by atoms with van der Waals surface area (Å²) >= 11 is 0. The smallest absolute Gasteiger partial charge is 0.233 e. The number of hydrogen-bond donors (Lipinski definition) is 2. The van der Waals surface area contributed by atoms with E-state index in [9.17, 15) is 4.79 Å². The Kier molecular flexibility index (Phi) is 5.86. The second kappa shape index (κ2) is 7.17. The summed E-state index contributed by atoms with van der Waals surface area (Å²) in [4.78, 5) is 11.5. The quantitative estimate of drug-likeness (QED) is 0.812. The SMILES string of the molecule is CCCNC(=O)CNC(C)c1cc(C)ccc1C. The molecule has 0 radical (unpaired) electrons. The maximum atomic E-state index is 11.5. The third-order valence-electron chi connectivity index (χ3n) is 3.04. The van der Waals surface area contributed by atoms with E-state index < -0.39 is 0 Å². The summed E-state index contributed by atoms with van der Waals surface area (Å²) in [5.41, 5.74) is 3.77. The lowest BCUT2D eigenvalue weighted by molar-refractivity contribution is -0.120. The molecule has 1 atom stereocenters. The Hall–Kier alpha value is -1.35. The van der Waals surface area contributed by atoms with Gasteiger partial charge >= 0.3 is 0 Å². The molecule has 0 saturated heterocycles. The number of carbonyl (C=O) groups excluding carboxylic acids is 1. The molecule has 1 unspecified atom stereocenters. The van der Waals surface area contributed by atoms with E-state index in [4.69, 9.17) is 0 Å². The number of rotatable bonds is 6. The zero-order valence-electron chi connectivity index (χ0n) is 11.8. The number of amides is 1. The molecule has 0 aromatic heterocycles. The molecule has 2 N–H and O–H groups in total. The van der Waals surface area contributed by atoms with Crippen LogP contribution in [0.25, 0.3) is 0 Å². The van der Waals surface area contributed by atoms with Gasteiger partial charge in [0, 0.05) is 12.6 Å². The number of carbonyl (C=O) groups is 1. The van der Waals surface area contributed by atoms with E-state index in [2.05, 4.69) is 49.6 Å². The van der Waals surface area contributed by atoms with E-state index in [1.807, 2.05) is 6.92 Å². The fraction of sp³-hybridized carbons (Fsp3) is 0.533. The largest absolute Gasteiger partial charge is 0.355 e. The van der Waals surface area contributed by atoms with Crippen LogP contribution < -0.4 is 10.6 Å². The van der Waals surface area contributed by atoms with Crippen LogP contribution in [-0.4, -0.2) is 19.0 Å². The molecule has 1 rings (SSSR count). The number of benzene rings is 1. The molecule has 0 heterocycles. The van der Waals surface area contributed by atoms with Crippen LogP contribution in [0.15, 0.2) is 18.2 Å². The summed E-state index contributed by atoms with van der Waals surface area (Å²) in [6.07, 6.45) is 0.971. The van der Waals surface area contributed by atoms with Crippen molar-refractivity contribution in [3.8, 4) is 0 Å². The van der Waals surface area contributed by atoms with Gasteiger partial charge < -0.3 is 10.6 Å². The third kappa shape index (κ3) is 4.49. The molecule has 0 saturated carbocycles. The fourth-order valence-corrected chi connectivity index (χ4v) is 1.91. The topological polar surface area (TPSA) is 41.1 Å². The first kappa shape index (κ1) is 14.7. The normalized spacial score (nSPS) is 12.2. The summed E-state index contributed by atoms with van der Waals surface area (Å²) in [6.45, 7) is 9.45. The Morgan fingerprint density at radius 1 is 1.33 bits per heavy atom. The van der Waals surface area contributed by atoms with Crippen molar-refractivity contribution in [3.63, 3.8) is 0 Å². The molecule has 0 aliphatic heterocycles. The highest BCUT2D eigenvalue weighted by Gasteiger charge is 2.09. The Labute approximate surface area is 110 Å². The lowest BCUT2D eigenvalue weighted by Gasteiger charge is -2.17. The molecule has 0 bridgehead atoms. The van der Waals surface area contributed by atoms with E-state index in [1.54, 1.807) is 0 Å². The predicted octanol–water partition coefficient (Wildman–Crippen LogP) is 2.48. The van der Waals surface area contributed by atoms with Crippen molar-refractivity contribution in [3.05, 3.63) is 34.9 Å². The van der Waals surface area contributed by atoms with Gasteiger partial charge in [-0.3, -0.25) is 4.79 Å². The van der Waals surface area contributed by atoms with Gasteiger partial charge in [-0.2, -0.15) is 0 Å². The van der Waals surface area contributed by atoms with E-state index in [0.29, 0.717) is 6.54 Å². The van der Waals surface area contributed by atoms with Gasteiger partial charge in [-0.15, -0.1) is 0 Å². The van der Waals surface area contributed by atoms with E-state index >= 15 is 0 Å². The highest BCUT2D eigenvalue weighted by molar-refractivity contribution is 5.78. The molecule has 0 fully saturated rings. The Balaban J connectivity index is 2.52. The van der Waals surface area contributed by atoms with Crippen LogP contribution in [0.4, 0.5) is 0 Å². The van der Waals surface area contributed by atoms with Gasteiger partial charge in [0.1, 0.15) is 0 Å². The summed E-state index contributed by atoms with van der Waals surface area (Å²) in [7, 11) is 0. The van der Waals surface area contributed by atoms with Crippen molar-refractivity contribution in [2.24, 2.45) is 0 Å². The Morgan fingerprint density at radius 3 is 2.72 bits per heavy atom. The fourth-order valence-electron chi connectivity index (χ4n) is 1.91. The van der Waals surface area contributed by atoms with Crippen LogP contribution in [-0.2, 0) is 4.79 Å². The number of aryl methyl sites for hydroxylation is 2. The first-order valence-corrected chi connectivity index (χ1v) is 6.61. The molecule has 0 spiro atoms. The predicted molar refractivity (Wildman–Crippen MR) is 75.6 cm³/mol. The van der Waals surface area contributed by atoms with Gasteiger partial charge in [0.05, 0.1) is 6.54 Å². The van der Waals surface area contributed by atoms with Gasteiger partial charge in [0.25, 0.3) is 0 Å². The van der Waals surface area contributed by atoms with Crippen LogP contribution in [0, 0.1) is 13.8 Å². The lowest BCUT2D eigenvalue weighted by atomic mass is 10.00. The second-order valence-corrected chi connectivity index (χ2v) is 4.81. The maximum absolute atomic E-state index is 11.5. The summed E-state index contributed by atoms with van der Waals surface area (Å²) in [5.74, 6) is 0.0639. The van der Waals surface area contributed by atoms with E-state index in [-0.39, 0.29) is 11.9 Å². The van der Waals surface area contributed by atoms with Crippen LogP contribution in [0.2, 0.25) is 0 Å². The van der Waals surface area contributed by atoms with Gasteiger partial charge in [-0.25, -0.2) is 0 Å². The van der Waals surface area contributed by atoms with Gasteiger partial charge in [-0.05, 0) is 38.3 Å². The third-order valence-corrected chi connectivity index (χ3v) is 3.04. The first-order valence-electron chi connectivity index (χ1n) is 6.61. The molecular formula is C15H24N2O. The van der Waals surface area contributed by atoms with Crippen LogP contribution >= 0.6 is 0 Å². The highest BCUT2D eigenvalue weighted by Crippen LogP contribution is 2.18. The summed E-state index contributed by atoms with van der Waals surface area (Å²) in [6, 6.07) is 6.61. The molecule has 3 heteroatoms. The van der Waals surface area contributed by atoms with Crippen molar-refractivity contribution in [1.29, 1.82) is 0 Å². The lowest BCUT2D eigenvalue weighted by Crippen LogP contribution is -2.35. The van der Waals surface area contributed by atoms with E-state index in [1.165, 1.54) is 16.7 Å². The minimum absolute atomic E-state index is 0.0639. The minimum Gasteiger partial charge on any atom is -0.355 e. The van der Waals surface area contributed by atoms with Gasteiger partial charge in [0.15, 0.2) is 0 Å². The second-order valence-electron chi connectivity index (χ2n) is 4.81. The maximum Gasteiger partial charge on any atom is 0.233 e. The number of hydrogen-bond acceptors (Lipinski definition) is 2. The zero-order chi connectivity index (χ0) is 13.5. The van der Waals surface area contributed by atoms with Gasteiger partial charge in [-0.1, -0.05) is 30.7 Å². The molecule has 100 valence electrons. The highest BCUT2D eigenvalue weighted by atomic mass is 16.1. The average Bonchev–Trinajstić information content (AvgIpc) is 2.36. The Bertz CT molecular complexity index is 401. The molecule has 1 aromatic rings. The molecule has 0 aliphatic rings. The van der Waals surface area contributed by atoms with Crippen molar-refractivity contribution >= 4 is 5.91 Å². The molecular weight excluding hydrogens is 224 g/mol. The minimum atomic E-state index is 0.0639. The zero-order valence-corrected chi connectivity index (χ0v) is 11.8. The van der Waals surface area contributed by atoms with Crippen LogP contribution in [0.5, 0.6) is 0 Å². The van der Waals surface area contributed by atoms with Crippen molar-refractivity contribution in [1.82, 2.24) is 10.6 Å². The van der Waals surface area contributed by atoms with Crippen LogP contribution in [0.1, 0.15) is 43.0 Å². The monoisotopic (exact) mass is 248 g/mol. The molecule has 18 heavy (non-hydrogen) atoms. The number of nitrogens with one attached hydrogen (secondary N) is 2. The summed E-state index contributed by atoms with van der Waals surface area (Å²) in [5, 5.41) is 6.13. The van der Waals surface area contributed by atoms with Crippen molar-refractivity contribution in [2.45, 2.75) is 40.2 Å². The summed E-state index contributed by atoms with van der Waals surface area (Å²) < 4.78 is 0. The van der Waals surface area contributed by atoms with E-state index in [0.717, 1.165) is 13.0 Å². The molecule has 0 aliphatic carbocycles. The first-order chi connectivity index (χ1) is 8.54. The Morgan fingerprint density at radius 2 is 2.06 bits per heavy atom. The standard InChI is InChI=1S/C15H24N2O/c1-5-8-16-15(18)10-17-13(4)14-9-11(2)6-7-12(14)3/h6-7,9,13,17H,5,8,10H2,1-4H3,(H,16,18). The molecule has 1 aromatic carbocycles. The van der Waals surface area contributed by atoms with Crippen molar-refractivity contribution < 1.29 is 4.79 Å².